The summed E-state index contributed by atoms with van der Waals surface area (Å²) in [5, 5.41) is 3.22. The molecule has 33 heavy (non-hydrogen) atoms. The Labute approximate surface area is 194 Å². The molecule has 0 radical (unpaired) electrons. The van der Waals surface area contributed by atoms with E-state index in [-0.39, 0.29) is 22.9 Å². The van der Waals surface area contributed by atoms with Crippen molar-refractivity contribution >= 4 is 28.8 Å². The Morgan fingerprint density at radius 1 is 0.818 bits per heavy atom. The van der Waals surface area contributed by atoms with Gasteiger partial charge in [0.05, 0.1) is 17.9 Å². The molecule has 1 N–H and O–H groups in total. The molecule has 0 unspecified atom stereocenters. The second-order valence-electron chi connectivity index (χ2n) is 8.94. The summed E-state index contributed by atoms with van der Waals surface area (Å²) in [6.45, 7) is 8.93. The van der Waals surface area contributed by atoms with Crippen molar-refractivity contribution < 1.29 is 14.3 Å². The summed E-state index contributed by atoms with van der Waals surface area (Å²) in [6, 6.07) is 24.2. The molecule has 5 nitrogen and oxygen atoms in total. The van der Waals surface area contributed by atoms with Gasteiger partial charge in [-0.05, 0) is 59.9 Å². The number of amides is 2. The van der Waals surface area contributed by atoms with Gasteiger partial charge >= 0.3 is 0 Å². The Kier molecular flexibility index (Phi) is 6.05. The van der Waals surface area contributed by atoms with Crippen molar-refractivity contribution in [3.8, 4) is 5.75 Å². The van der Waals surface area contributed by atoms with E-state index in [2.05, 4.69) is 26.1 Å². The smallest absolute Gasteiger partial charge is 0.282 e. The van der Waals surface area contributed by atoms with E-state index < -0.39 is 0 Å². The lowest BCUT2D eigenvalue weighted by Crippen LogP contribution is -2.32. The van der Waals surface area contributed by atoms with E-state index in [9.17, 15) is 9.59 Å². The van der Waals surface area contributed by atoms with Crippen molar-refractivity contribution in [1.29, 1.82) is 0 Å². The van der Waals surface area contributed by atoms with E-state index in [4.69, 9.17) is 4.74 Å². The van der Waals surface area contributed by atoms with Gasteiger partial charge in [-0.1, -0.05) is 63.2 Å². The Morgan fingerprint density at radius 3 is 2.03 bits per heavy atom. The molecular formula is C28H28N2O3. The van der Waals surface area contributed by atoms with E-state index in [1.54, 1.807) is 12.1 Å². The molecule has 0 fully saturated rings. The summed E-state index contributed by atoms with van der Waals surface area (Å²) in [5.41, 5.74) is 3.75. The molecule has 1 aliphatic rings. The van der Waals surface area contributed by atoms with Gasteiger partial charge in [0.15, 0.2) is 0 Å². The highest BCUT2D eigenvalue weighted by atomic mass is 16.5. The molecule has 1 heterocycles. The summed E-state index contributed by atoms with van der Waals surface area (Å²) in [5.74, 6) is -0.0232. The SMILES string of the molecule is CCOc1ccc(C2=C(Nc3ccc(C(C)(C)C)cc3)C(=O)N(c3ccccc3)C2=O)cc1. The molecule has 168 valence electrons. The summed E-state index contributed by atoms with van der Waals surface area (Å²) in [7, 11) is 0. The molecule has 1 aliphatic heterocycles. The molecular weight excluding hydrogens is 412 g/mol. The number of nitrogens with zero attached hydrogens (tertiary/aromatic N) is 1. The maximum Gasteiger partial charge on any atom is 0.282 e. The second kappa shape index (κ2) is 8.94. The van der Waals surface area contributed by atoms with Gasteiger partial charge in [-0.3, -0.25) is 9.59 Å². The van der Waals surface area contributed by atoms with Crippen LogP contribution in [0.15, 0.2) is 84.6 Å². The van der Waals surface area contributed by atoms with Crippen molar-refractivity contribution in [2.24, 2.45) is 0 Å². The molecule has 0 aromatic heterocycles. The lowest BCUT2D eigenvalue weighted by atomic mass is 9.87. The monoisotopic (exact) mass is 440 g/mol. The maximum atomic E-state index is 13.5. The number of para-hydroxylation sites is 1. The number of imide groups is 1. The molecule has 0 atom stereocenters. The fraction of sp³-hybridized carbons (Fsp3) is 0.214. The first kappa shape index (κ1) is 22.3. The molecule has 0 bridgehead atoms. The standard InChI is InChI=1S/C28H28N2O3/c1-5-33-23-17-11-19(12-18-23)24-25(29-21-15-13-20(14-16-21)28(2,3)4)27(32)30(26(24)31)22-9-7-6-8-10-22/h6-18,29H,5H2,1-4H3. The van der Waals surface area contributed by atoms with Crippen LogP contribution >= 0.6 is 0 Å². The Morgan fingerprint density at radius 2 is 1.45 bits per heavy atom. The van der Waals surface area contributed by atoms with Crippen LogP contribution in [0.3, 0.4) is 0 Å². The molecule has 4 rings (SSSR count). The van der Waals surface area contributed by atoms with Crippen LogP contribution in [0.25, 0.3) is 5.57 Å². The molecule has 3 aromatic rings. The van der Waals surface area contributed by atoms with Crippen LogP contribution in [-0.2, 0) is 15.0 Å². The molecule has 0 saturated heterocycles. The van der Waals surface area contributed by atoms with E-state index in [1.807, 2.05) is 73.7 Å². The van der Waals surface area contributed by atoms with Gasteiger partial charge in [0.25, 0.3) is 11.8 Å². The minimum atomic E-state index is -0.380. The van der Waals surface area contributed by atoms with Crippen molar-refractivity contribution in [3.05, 3.63) is 95.7 Å². The summed E-state index contributed by atoms with van der Waals surface area (Å²) in [4.78, 5) is 28.2. The number of ether oxygens (including phenoxy) is 1. The largest absolute Gasteiger partial charge is 0.494 e. The lowest BCUT2D eigenvalue weighted by Gasteiger charge is -2.19. The first-order valence-corrected chi connectivity index (χ1v) is 11.1. The average Bonchev–Trinajstić information content (AvgIpc) is 3.04. The predicted molar refractivity (Wildman–Crippen MR) is 132 cm³/mol. The van der Waals surface area contributed by atoms with Crippen LogP contribution in [0.5, 0.6) is 5.75 Å². The lowest BCUT2D eigenvalue weighted by molar-refractivity contribution is -0.120. The highest BCUT2D eigenvalue weighted by Crippen LogP contribution is 2.34. The van der Waals surface area contributed by atoms with Crippen LogP contribution in [0, 0.1) is 0 Å². The minimum Gasteiger partial charge on any atom is -0.494 e. The highest BCUT2D eigenvalue weighted by Gasteiger charge is 2.40. The van der Waals surface area contributed by atoms with Crippen LogP contribution in [0.4, 0.5) is 11.4 Å². The Hall–Kier alpha value is -3.86. The third kappa shape index (κ3) is 4.53. The third-order valence-corrected chi connectivity index (χ3v) is 5.57. The van der Waals surface area contributed by atoms with Gasteiger partial charge in [0.1, 0.15) is 11.4 Å². The zero-order valence-electron chi connectivity index (χ0n) is 19.4. The number of carbonyl (C=O) groups excluding carboxylic acids is 2. The third-order valence-electron chi connectivity index (χ3n) is 5.57. The minimum absolute atomic E-state index is 0.0223. The van der Waals surface area contributed by atoms with Crippen molar-refractivity contribution in [2.45, 2.75) is 33.1 Å². The van der Waals surface area contributed by atoms with Crippen LogP contribution in [-0.4, -0.2) is 18.4 Å². The molecule has 5 heteroatoms. The average molecular weight is 441 g/mol. The fourth-order valence-electron chi connectivity index (χ4n) is 3.81. The van der Waals surface area contributed by atoms with E-state index in [1.165, 1.54) is 10.5 Å². The van der Waals surface area contributed by atoms with Crippen molar-refractivity contribution in [3.63, 3.8) is 0 Å². The zero-order chi connectivity index (χ0) is 23.6. The topological polar surface area (TPSA) is 58.6 Å². The van der Waals surface area contributed by atoms with Crippen LogP contribution in [0.1, 0.15) is 38.8 Å². The van der Waals surface area contributed by atoms with Gasteiger partial charge in [-0.25, -0.2) is 4.90 Å². The number of hydrogen-bond acceptors (Lipinski definition) is 4. The van der Waals surface area contributed by atoms with E-state index in [0.717, 1.165) is 5.69 Å². The van der Waals surface area contributed by atoms with Gasteiger partial charge in [-0.15, -0.1) is 0 Å². The quantitative estimate of drug-likeness (QED) is 0.494. The molecule has 2 amide bonds. The maximum absolute atomic E-state index is 13.5. The number of rotatable bonds is 6. The zero-order valence-corrected chi connectivity index (χ0v) is 19.4. The van der Waals surface area contributed by atoms with Crippen molar-refractivity contribution in [2.75, 3.05) is 16.8 Å². The first-order valence-electron chi connectivity index (χ1n) is 11.1. The summed E-state index contributed by atoms with van der Waals surface area (Å²) in [6.07, 6.45) is 0. The molecule has 0 saturated carbocycles. The fourth-order valence-corrected chi connectivity index (χ4v) is 3.81. The summed E-state index contributed by atoms with van der Waals surface area (Å²) >= 11 is 0. The van der Waals surface area contributed by atoms with Gasteiger partial charge in [0, 0.05) is 5.69 Å². The van der Waals surface area contributed by atoms with Crippen LogP contribution < -0.4 is 15.0 Å². The van der Waals surface area contributed by atoms with Gasteiger partial charge < -0.3 is 10.1 Å². The Bertz CT molecular complexity index is 1190. The van der Waals surface area contributed by atoms with Gasteiger partial charge in [0.2, 0.25) is 0 Å². The van der Waals surface area contributed by atoms with Gasteiger partial charge in [-0.2, -0.15) is 0 Å². The molecule has 0 aliphatic carbocycles. The van der Waals surface area contributed by atoms with E-state index in [0.29, 0.717) is 29.2 Å². The first-order chi connectivity index (χ1) is 15.8. The van der Waals surface area contributed by atoms with Crippen LogP contribution in [0.2, 0.25) is 0 Å². The number of anilines is 2. The Balaban J connectivity index is 1.75. The predicted octanol–water partition coefficient (Wildman–Crippen LogP) is 5.78. The molecule has 3 aromatic carbocycles. The second-order valence-corrected chi connectivity index (χ2v) is 8.94. The normalized spacial score (nSPS) is 14.1. The number of carbonyl (C=O) groups is 2. The number of hydrogen-bond donors (Lipinski definition) is 1. The number of nitrogens with one attached hydrogen (secondary N) is 1. The highest BCUT2D eigenvalue weighted by molar-refractivity contribution is 6.46. The molecule has 0 spiro atoms. The summed E-state index contributed by atoms with van der Waals surface area (Å²) < 4.78 is 5.53. The van der Waals surface area contributed by atoms with E-state index >= 15 is 0 Å². The van der Waals surface area contributed by atoms with Crippen molar-refractivity contribution in [1.82, 2.24) is 0 Å². The number of benzene rings is 3.